The molecule has 1 aromatic heterocycles. The number of nitrogens with zero attached hydrogens (tertiary/aromatic N) is 2. The van der Waals surface area contributed by atoms with Gasteiger partial charge in [0.2, 0.25) is 0 Å². The van der Waals surface area contributed by atoms with E-state index in [1.54, 1.807) is 0 Å². The van der Waals surface area contributed by atoms with E-state index in [0.717, 1.165) is 24.6 Å². The summed E-state index contributed by atoms with van der Waals surface area (Å²) in [5.41, 5.74) is 4.03. The summed E-state index contributed by atoms with van der Waals surface area (Å²) in [6.45, 7) is 1.10. The lowest BCUT2D eigenvalue weighted by Crippen LogP contribution is -2.06. The molecule has 3 rings (SSSR count). The van der Waals surface area contributed by atoms with E-state index in [1.807, 2.05) is 11.8 Å². The highest BCUT2D eigenvalue weighted by molar-refractivity contribution is 7.98. The first-order valence-electron chi connectivity index (χ1n) is 5.59. The normalized spacial score (nSPS) is 20.3. The third kappa shape index (κ3) is 1.92. The van der Waals surface area contributed by atoms with Crippen LogP contribution in [0.3, 0.4) is 0 Å². The van der Waals surface area contributed by atoms with Gasteiger partial charge in [0.05, 0.1) is 17.3 Å². The number of halogens is 1. The van der Waals surface area contributed by atoms with E-state index in [1.165, 1.54) is 35.5 Å². The Morgan fingerprint density at radius 1 is 1.47 bits per heavy atom. The van der Waals surface area contributed by atoms with Crippen LogP contribution >= 0.6 is 23.4 Å². The van der Waals surface area contributed by atoms with Crippen molar-refractivity contribution in [1.29, 1.82) is 0 Å². The van der Waals surface area contributed by atoms with E-state index in [4.69, 9.17) is 16.7 Å². The molecule has 0 spiro atoms. The maximum Gasteiger partial charge on any atom is 0.0676 e. The van der Waals surface area contributed by atoms with Crippen LogP contribution in [-0.2, 0) is 24.6 Å². The fraction of sp³-hybridized carbons (Fsp3) is 0.727. The molecule has 2 heterocycles. The Morgan fingerprint density at radius 2 is 2.33 bits per heavy atom. The Balaban J connectivity index is 1.93. The van der Waals surface area contributed by atoms with E-state index in [0.29, 0.717) is 5.88 Å². The summed E-state index contributed by atoms with van der Waals surface area (Å²) in [5.74, 6) is 3.83. The zero-order chi connectivity index (χ0) is 10.3. The van der Waals surface area contributed by atoms with Gasteiger partial charge >= 0.3 is 0 Å². The number of thioether (sulfide) groups is 1. The summed E-state index contributed by atoms with van der Waals surface area (Å²) in [6, 6.07) is 0. The summed E-state index contributed by atoms with van der Waals surface area (Å²) in [7, 11) is 0. The number of aromatic nitrogens is 2. The van der Waals surface area contributed by atoms with Gasteiger partial charge in [-0.25, -0.2) is 0 Å². The van der Waals surface area contributed by atoms with Gasteiger partial charge in [-0.1, -0.05) is 0 Å². The van der Waals surface area contributed by atoms with Crippen LogP contribution in [0.4, 0.5) is 0 Å². The molecule has 2 nitrogen and oxygen atoms in total. The lowest BCUT2D eigenvalue weighted by Gasteiger charge is -2.09. The molecule has 82 valence electrons. The highest BCUT2D eigenvalue weighted by Gasteiger charge is 2.26. The number of rotatable bonds is 3. The van der Waals surface area contributed by atoms with Crippen molar-refractivity contribution in [3.8, 4) is 0 Å². The highest BCUT2D eigenvalue weighted by Crippen LogP contribution is 2.33. The molecule has 0 atom stereocenters. The number of fused-ring (bicyclic) bond motifs is 1. The molecule has 1 fully saturated rings. The molecular weight excluding hydrogens is 228 g/mol. The Labute approximate surface area is 99.4 Å². The minimum absolute atomic E-state index is 0.621. The van der Waals surface area contributed by atoms with Crippen LogP contribution in [0, 0.1) is 5.92 Å². The van der Waals surface area contributed by atoms with Crippen LogP contribution in [0.1, 0.15) is 29.8 Å². The first-order valence-corrected chi connectivity index (χ1v) is 7.28. The Kier molecular flexibility index (Phi) is 2.69. The van der Waals surface area contributed by atoms with Crippen molar-refractivity contribution < 1.29 is 0 Å². The van der Waals surface area contributed by atoms with Gasteiger partial charge in [0.1, 0.15) is 0 Å². The molecule has 0 N–H and O–H groups in total. The third-order valence-electron chi connectivity index (χ3n) is 3.23. The molecule has 1 aromatic rings. The first-order chi connectivity index (χ1) is 7.38. The molecule has 0 saturated heterocycles. The lowest BCUT2D eigenvalue weighted by molar-refractivity contribution is 0.543. The number of hydrogen-bond donors (Lipinski definition) is 0. The van der Waals surface area contributed by atoms with Crippen molar-refractivity contribution in [2.45, 2.75) is 37.4 Å². The van der Waals surface area contributed by atoms with Crippen LogP contribution in [0.25, 0.3) is 0 Å². The highest BCUT2D eigenvalue weighted by atomic mass is 35.5. The molecule has 2 aliphatic rings. The molecule has 0 unspecified atom stereocenters. The summed E-state index contributed by atoms with van der Waals surface area (Å²) in [6.07, 6.45) is 3.88. The monoisotopic (exact) mass is 242 g/mol. The van der Waals surface area contributed by atoms with Gasteiger partial charge in [-0.15, -0.1) is 11.6 Å². The molecular formula is C11H15ClN2S. The Morgan fingerprint density at radius 3 is 3.07 bits per heavy atom. The van der Waals surface area contributed by atoms with Gasteiger partial charge in [-0.2, -0.15) is 16.9 Å². The second kappa shape index (κ2) is 4.02. The van der Waals surface area contributed by atoms with Gasteiger partial charge in [0, 0.05) is 24.3 Å². The molecule has 0 radical (unpaired) electrons. The van der Waals surface area contributed by atoms with Crippen LogP contribution in [0.2, 0.25) is 0 Å². The molecule has 1 aliphatic carbocycles. The number of aryl methyl sites for hydroxylation is 1. The predicted octanol–water partition coefficient (Wildman–Crippen LogP) is 2.82. The quantitative estimate of drug-likeness (QED) is 0.759. The van der Waals surface area contributed by atoms with Gasteiger partial charge in [0.25, 0.3) is 0 Å². The van der Waals surface area contributed by atoms with Crippen molar-refractivity contribution in [3.63, 3.8) is 0 Å². The zero-order valence-electron chi connectivity index (χ0n) is 8.71. The Hall–Kier alpha value is -0.150. The van der Waals surface area contributed by atoms with Crippen molar-refractivity contribution in [3.05, 3.63) is 17.0 Å². The maximum atomic E-state index is 6.04. The molecule has 4 heteroatoms. The van der Waals surface area contributed by atoms with Crippen LogP contribution in [0.5, 0.6) is 0 Å². The van der Waals surface area contributed by atoms with Crippen molar-refractivity contribution in [2.24, 2.45) is 5.92 Å². The van der Waals surface area contributed by atoms with Gasteiger partial charge in [-0.3, -0.25) is 4.68 Å². The standard InChI is InChI=1S/C11H15ClN2S/c12-5-11-9-7-15-4-3-10(9)13-14(11)6-8-1-2-8/h8H,1-7H2. The van der Waals surface area contributed by atoms with E-state index < -0.39 is 0 Å². The van der Waals surface area contributed by atoms with Gasteiger partial charge < -0.3 is 0 Å². The first kappa shape index (κ1) is 10.0. The molecule has 0 aromatic carbocycles. The largest absolute Gasteiger partial charge is 0.267 e. The average molecular weight is 243 g/mol. The summed E-state index contributed by atoms with van der Waals surface area (Å²) in [4.78, 5) is 0. The molecule has 0 amide bonds. The Bertz CT molecular complexity index is 371. The average Bonchev–Trinajstić information content (AvgIpc) is 2.99. The molecule has 0 bridgehead atoms. The fourth-order valence-electron chi connectivity index (χ4n) is 2.14. The van der Waals surface area contributed by atoms with Crippen molar-refractivity contribution in [2.75, 3.05) is 5.75 Å². The van der Waals surface area contributed by atoms with Crippen molar-refractivity contribution >= 4 is 23.4 Å². The summed E-state index contributed by atoms with van der Waals surface area (Å²) >= 11 is 8.05. The van der Waals surface area contributed by atoms with E-state index in [9.17, 15) is 0 Å². The smallest absolute Gasteiger partial charge is 0.0676 e. The minimum Gasteiger partial charge on any atom is -0.267 e. The van der Waals surface area contributed by atoms with E-state index in [-0.39, 0.29) is 0 Å². The van der Waals surface area contributed by atoms with Crippen LogP contribution in [0.15, 0.2) is 0 Å². The number of alkyl halides is 1. The third-order valence-corrected chi connectivity index (χ3v) is 4.47. The van der Waals surface area contributed by atoms with Crippen LogP contribution in [-0.4, -0.2) is 15.5 Å². The lowest BCUT2D eigenvalue weighted by atomic mass is 10.2. The maximum absolute atomic E-state index is 6.04. The predicted molar refractivity (Wildman–Crippen MR) is 64.4 cm³/mol. The van der Waals surface area contributed by atoms with Crippen molar-refractivity contribution in [1.82, 2.24) is 9.78 Å². The summed E-state index contributed by atoms with van der Waals surface area (Å²) in [5, 5.41) is 4.72. The number of hydrogen-bond acceptors (Lipinski definition) is 2. The van der Waals surface area contributed by atoms with E-state index in [2.05, 4.69) is 4.68 Å². The van der Waals surface area contributed by atoms with E-state index >= 15 is 0 Å². The summed E-state index contributed by atoms with van der Waals surface area (Å²) < 4.78 is 2.18. The molecule has 1 aliphatic heterocycles. The fourth-order valence-corrected chi connectivity index (χ4v) is 3.46. The van der Waals surface area contributed by atoms with Gasteiger partial charge in [0.15, 0.2) is 0 Å². The molecule has 1 saturated carbocycles. The minimum atomic E-state index is 0.621. The second-order valence-electron chi connectivity index (χ2n) is 4.43. The topological polar surface area (TPSA) is 17.8 Å². The van der Waals surface area contributed by atoms with Crippen LogP contribution < -0.4 is 0 Å². The van der Waals surface area contributed by atoms with Gasteiger partial charge in [-0.05, 0) is 24.5 Å². The zero-order valence-corrected chi connectivity index (χ0v) is 10.3. The second-order valence-corrected chi connectivity index (χ2v) is 5.81. The SMILES string of the molecule is ClCc1c2c(nn1CC1CC1)CCSC2. The molecule has 15 heavy (non-hydrogen) atoms.